The van der Waals surface area contributed by atoms with Gasteiger partial charge in [0.25, 0.3) is 0 Å². The molecule has 2 unspecified atom stereocenters. The van der Waals surface area contributed by atoms with Crippen LogP contribution in [0.15, 0.2) is 48.5 Å². The molecule has 2 aliphatic carbocycles. The summed E-state index contributed by atoms with van der Waals surface area (Å²) in [7, 11) is 3.31. The third-order valence-corrected chi connectivity index (χ3v) is 15.9. The maximum absolute atomic E-state index is 14.7. The number of amides is 8. The number of hydrogen-bond acceptors (Lipinski definition) is 10. The molecule has 18 heteroatoms. The Balaban J connectivity index is 1.18. The molecular weight excluding hydrogens is 941 g/mol. The second-order valence-electron chi connectivity index (χ2n) is 23.4. The number of carbonyl (C=O) groups excluding carboxylic acids is 8. The molecule has 18 nitrogen and oxygen atoms in total. The fourth-order valence-electron chi connectivity index (χ4n) is 10.8. The number of carbonyl (C=O) groups is 8. The second-order valence-corrected chi connectivity index (χ2v) is 23.4. The number of nitrogens with one attached hydrogen (secondary N) is 8. The lowest BCUT2D eigenvalue weighted by molar-refractivity contribution is -0.144. The number of aryl methyl sites for hydroxylation is 2. The van der Waals surface area contributed by atoms with E-state index in [9.17, 15) is 38.4 Å². The Hall–Kier alpha value is -5.88. The average molecular weight is 1030 g/mol. The number of benzene rings is 2. The first kappa shape index (κ1) is 57.4. The maximum Gasteiger partial charge on any atom is 0.246 e. The van der Waals surface area contributed by atoms with E-state index in [1.165, 1.54) is 9.80 Å². The summed E-state index contributed by atoms with van der Waals surface area (Å²) in [5.74, 6) is -5.02. The third-order valence-electron chi connectivity index (χ3n) is 15.9. The van der Waals surface area contributed by atoms with Crippen molar-refractivity contribution in [3.63, 3.8) is 0 Å². The standard InChI is InChI=1S/C56H84N10O8/c1-31(47(67)59-37-27-43(51(71)61-41-25-17-21-35-19-13-15-23-39(35)41)65(29-37)53(73)45(55(5,6)7)63-49(69)33(3)57-11)32(2)48(68)60-38-28-44(52(72)62-42-26-18-22-36-20-14-16-24-40(36)42)66(30-38)54(74)46(56(8,9)10)64-50(70)34(4)58-12/h13-16,19-20,23-24,31-34,37-38,41-46,57-58H,17-18,21-22,25-30H2,1-12H3,(H,59,67)(H,60,68)(H,61,71)(H,62,72)(H,63,69)(H,64,70)/t31?,32?,33-,34-,37-,38-,41+,42+,43-,44-,45+,46+/m0/s1. The Kier molecular flexibility index (Phi) is 18.8. The van der Waals surface area contributed by atoms with Crippen molar-refractivity contribution in [2.45, 2.75) is 181 Å². The van der Waals surface area contributed by atoms with Crippen molar-refractivity contribution in [1.29, 1.82) is 0 Å². The molecule has 8 amide bonds. The molecule has 2 aliphatic heterocycles. The van der Waals surface area contributed by atoms with Gasteiger partial charge in [0.1, 0.15) is 24.2 Å². The second kappa shape index (κ2) is 24.2. The smallest absolute Gasteiger partial charge is 0.246 e. The summed E-state index contributed by atoms with van der Waals surface area (Å²) >= 11 is 0. The van der Waals surface area contributed by atoms with Gasteiger partial charge in [0, 0.05) is 37.0 Å². The van der Waals surface area contributed by atoms with Crippen LogP contribution in [0, 0.1) is 22.7 Å². The van der Waals surface area contributed by atoms with Gasteiger partial charge in [-0.15, -0.1) is 0 Å². The highest BCUT2D eigenvalue weighted by atomic mass is 16.2. The summed E-state index contributed by atoms with van der Waals surface area (Å²) in [5.41, 5.74) is 2.91. The number of hydrogen-bond donors (Lipinski definition) is 8. The van der Waals surface area contributed by atoms with E-state index >= 15 is 0 Å². The van der Waals surface area contributed by atoms with Crippen molar-refractivity contribution in [3.8, 4) is 0 Å². The Bertz CT molecular complexity index is 2230. The highest BCUT2D eigenvalue weighted by Crippen LogP contribution is 2.34. The van der Waals surface area contributed by atoms with E-state index in [1.807, 2.05) is 77.9 Å². The van der Waals surface area contributed by atoms with Crippen LogP contribution in [-0.4, -0.2) is 133 Å². The highest BCUT2D eigenvalue weighted by Gasteiger charge is 2.48. The summed E-state index contributed by atoms with van der Waals surface area (Å²) in [4.78, 5) is 116. The molecule has 2 heterocycles. The van der Waals surface area contributed by atoms with Gasteiger partial charge in [-0.2, -0.15) is 0 Å². The molecule has 0 aromatic heterocycles. The third kappa shape index (κ3) is 13.5. The van der Waals surface area contributed by atoms with Gasteiger partial charge in [-0.1, -0.05) is 104 Å². The Labute approximate surface area is 438 Å². The van der Waals surface area contributed by atoms with Crippen LogP contribution in [0.2, 0.25) is 0 Å². The molecular formula is C56H84N10O8. The molecule has 74 heavy (non-hydrogen) atoms. The number of likely N-dealkylation sites (tertiary alicyclic amines) is 2. The maximum atomic E-state index is 14.7. The zero-order chi connectivity index (χ0) is 54.4. The predicted octanol–water partition coefficient (Wildman–Crippen LogP) is 3.10. The van der Waals surface area contributed by atoms with Gasteiger partial charge in [0.2, 0.25) is 47.3 Å². The fraction of sp³-hybridized carbons (Fsp3) is 0.643. The number of nitrogens with zero attached hydrogens (tertiary/aromatic N) is 2. The molecule has 0 spiro atoms. The van der Waals surface area contributed by atoms with Crippen LogP contribution in [-0.2, 0) is 51.2 Å². The van der Waals surface area contributed by atoms with Crippen molar-refractivity contribution in [2.24, 2.45) is 22.7 Å². The summed E-state index contributed by atoms with van der Waals surface area (Å²) in [6, 6.07) is 9.06. The Morgan fingerprint density at radius 2 is 0.865 bits per heavy atom. The van der Waals surface area contributed by atoms with Gasteiger partial charge in [0.15, 0.2) is 0 Å². The van der Waals surface area contributed by atoms with E-state index in [4.69, 9.17) is 0 Å². The van der Waals surface area contributed by atoms with E-state index in [0.29, 0.717) is 0 Å². The minimum Gasteiger partial charge on any atom is -0.351 e. The van der Waals surface area contributed by atoms with Crippen LogP contribution in [0.1, 0.15) is 142 Å². The largest absolute Gasteiger partial charge is 0.351 e. The monoisotopic (exact) mass is 1020 g/mol. The van der Waals surface area contributed by atoms with Crippen LogP contribution >= 0.6 is 0 Å². The molecule has 2 aromatic rings. The van der Waals surface area contributed by atoms with Crippen molar-refractivity contribution in [3.05, 3.63) is 70.8 Å². The molecule has 0 saturated carbocycles. The topological polar surface area (TPSA) is 239 Å². The Morgan fingerprint density at radius 1 is 0.514 bits per heavy atom. The van der Waals surface area contributed by atoms with E-state index in [2.05, 4.69) is 54.7 Å². The lowest BCUT2D eigenvalue weighted by Gasteiger charge is -2.36. The van der Waals surface area contributed by atoms with Crippen LogP contribution in [0.4, 0.5) is 0 Å². The molecule has 2 aromatic carbocycles. The summed E-state index contributed by atoms with van der Waals surface area (Å²) in [6.07, 6.45) is 5.25. The molecule has 8 N–H and O–H groups in total. The summed E-state index contributed by atoms with van der Waals surface area (Å²) < 4.78 is 0. The Morgan fingerprint density at radius 3 is 1.20 bits per heavy atom. The SMILES string of the molecule is CN[C@@H](C)C(=O)N[C@H](C(=O)N1C[C@@H](NC(=O)C(C)C(C)C(=O)N[C@H]2C[C@@H](C(=O)N[C@@H]3CCCc4ccccc43)N(C(=O)[C@@H](NC(=O)[C@H](C)NC)C(C)(C)C)C2)C[C@H]1C(=O)N[C@@H]1CCCc2ccccc21)C(C)(C)C. The molecule has 6 rings (SSSR count). The van der Waals surface area contributed by atoms with Gasteiger partial charge in [-0.3, -0.25) is 38.4 Å². The van der Waals surface area contributed by atoms with Crippen LogP contribution < -0.4 is 42.5 Å². The average Bonchev–Trinajstić information content (AvgIpc) is 4.00. The number of likely N-dealkylation sites (N-methyl/N-ethyl adjacent to an activating group) is 2. The normalized spacial score (nSPS) is 24.1. The summed E-state index contributed by atoms with van der Waals surface area (Å²) in [5, 5.41) is 24.2. The number of fused-ring (bicyclic) bond motifs is 2. The van der Waals surface area contributed by atoms with Crippen molar-refractivity contribution in [2.75, 3.05) is 27.2 Å². The highest BCUT2D eigenvalue weighted by molar-refractivity contribution is 5.96. The molecule has 0 radical (unpaired) electrons. The van der Waals surface area contributed by atoms with Gasteiger partial charge in [-0.05, 0) is 112 Å². The van der Waals surface area contributed by atoms with Crippen molar-refractivity contribution < 1.29 is 38.4 Å². The zero-order valence-electron chi connectivity index (χ0n) is 45.8. The van der Waals surface area contributed by atoms with E-state index in [-0.39, 0.29) is 61.6 Å². The van der Waals surface area contributed by atoms with Gasteiger partial charge < -0.3 is 52.3 Å². The summed E-state index contributed by atoms with van der Waals surface area (Å²) in [6.45, 7) is 17.7. The number of rotatable bonds is 17. The van der Waals surface area contributed by atoms with E-state index < -0.39 is 94.6 Å². The van der Waals surface area contributed by atoms with Gasteiger partial charge >= 0.3 is 0 Å². The van der Waals surface area contributed by atoms with Crippen LogP contribution in [0.5, 0.6) is 0 Å². The van der Waals surface area contributed by atoms with Crippen molar-refractivity contribution >= 4 is 47.3 Å². The van der Waals surface area contributed by atoms with Crippen LogP contribution in [0.25, 0.3) is 0 Å². The lowest BCUT2D eigenvalue weighted by atomic mass is 9.85. The lowest BCUT2D eigenvalue weighted by Crippen LogP contribution is -2.59. The molecule has 4 aliphatic rings. The molecule has 2 fully saturated rings. The first-order valence-electron chi connectivity index (χ1n) is 26.8. The van der Waals surface area contributed by atoms with E-state index in [1.54, 1.807) is 41.8 Å². The fourth-order valence-corrected chi connectivity index (χ4v) is 10.8. The first-order valence-corrected chi connectivity index (χ1v) is 26.8. The van der Waals surface area contributed by atoms with Gasteiger partial charge in [-0.25, -0.2) is 0 Å². The van der Waals surface area contributed by atoms with Crippen molar-refractivity contribution in [1.82, 2.24) is 52.3 Å². The molecule has 12 atom stereocenters. The molecule has 0 bridgehead atoms. The first-order chi connectivity index (χ1) is 34.8. The van der Waals surface area contributed by atoms with Gasteiger partial charge in [0.05, 0.1) is 24.2 Å². The quantitative estimate of drug-likeness (QED) is 0.115. The molecule has 2 saturated heterocycles. The minimum atomic E-state index is -0.995. The zero-order valence-corrected chi connectivity index (χ0v) is 45.8. The van der Waals surface area contributed by atoms with Crippen LogP contribution in [0.3, 0.4) is 0 Å². The molecule has 406 valence electrons. The minimum absolute atomic E-state index is 0.00699. The van der Waals surface area contributed by atoms with E-state index in [0.717, 1.165) is 60.8 Å². The predicted molar refractivity (Wildman–Crippen MR) is 283 cm³/mol.